The van der Waals surface area contributed by atoms with Crippen LogP contribution in [0.5, 0.6) is 5.75 Å². The lowest BCUT2D eigenvalue weighted by atomic mass is 9.92. The molecule has 2 saturated carbocycles. The molecule has 1 N–H and O–H groups in total. The summed E-state index contributed by atoms with van der Waals surface area (Å²) in [4.78, 5) is 27.2. The van der Waals surface area contributed by atoms with E-state index in [2.05, 4.69) is 37.1 Å². The summed E-state index contributed by atoms with van der Waals surface area (Å²) in [5.74, 6) is 1.44. The van der Waals surface area contributed by atoms with Gasteiger partial charge in [0.25, 0.3) is 0 Å². The van der Waals surface area contributed by atoms with E-state index in [0.29, 0.717) is 25.0 Å². The lowest BCUT2D eigenvalue weighted by molar-refractivity contribution is -0.120. The molecule has 2 aliphatic carbocycles. The van der Waals surface area contributed by atoms with Gasteiger partial charge in [0, 0.05) is 35.8 Å². The quantitative estimate of drug-likeness (QED) is 0.289. The molecule has 41 heavy (non-hydrogen) atoms. The topological polar surface area (TPSA) is 84.7 Å². The lowest BCUT2D eigenvalue weighted by Crippen LogP contribution is -2.37. The number of ether oxygens (including phenoxy) is 1. The van der Waals surface area contributed by atoms with Crippen molar-refractivity contribution in [3.05, 3.63) is 101 Å². The normalized spacial score (nSPS) is 22.0. The van der Waals surface area contributed by atoms with Gasteiger partial charge in [0.2, 0.25) is 5.91 Å². The fourth-order valence-corrected chi connectivity index (χ4v) is 6.36. The number of amides is 1. The van der Waals surface area contributed by atoms with Gasteiger partial charge in [0.05, 0.1) is 24.9 Å². The highest BCUT2D eigenvalue weighted by atomic mass is 16.5. The molecule has 0 saturated heterocycles. The fourth-order valence-electron chi connectivity index (χ4n) is 6.36. The second-order valence-electron chi connectivity index (χ2n) is 11.8. The molecule has 208 valence electrons. The van der Waals surface area contributed by atoms with Crippen LogP contribution in [0.3, 0.4) is 0 Å². The number of aromatic nitrogens is 2. The minimum absolute atomic E-state index is 0.0104. The Morgan fingerprint density at radius 1 is 1.05 bits per heavy atom. The summed E-state index contributed by atoms with van der Waals surface area (Å²) in [6, 6.07) is 19.3. The molecule has 1 aliphatic heterocycles. The zero-order valence-corrected chi connectivity index (χ0v) is 23.3. The van der Waals surface area contributed by atoms with E-state index >= 15 is 0 Å². The monoisotopic (exact) mass is 547 g/mol. The third-order valence-corrected chi connectivity index (χ3v) is 9.06. The standard InChI is InChI=1S/C34H33N3O4/c1-20-6-3-11-31(21(20)2)41-19-25-14-29(25)33(38)37-18-24-13-28(24)32-27(9-5-10-30(32)37)26-15-35-36(17-26)16-22-7-4-8-23(12-22)34(39)40/h3-12,15,17,24-25,28-29H,13-14,16,18-19H2,1-2H3,(H,39,40). The van der Waals surface area contributed by atoms with Gasteiger partial charge in [-0.3, -0.25) is 9.48 Å². The zero-order valence-electron chi connectivity index (χ0n) is 23.3. The van der Waals surface area contributed by atoms with Gasteiger partial charge in [-0.1, -0.05) is 36.4 Å². The van der Waals surface area contributed by atoms with Crippen molar-refractivity contribution < 1.29 is 19.4 Å². The van der Waals surface area contributed by atoms with Crippen LogP contribution >= 0.6 is 0 Å². The van der Waals surface area contributed by atoms with Gasteiger partial charge >= 0.3 is 5.97 Å². The van der Waals surface area contributed by atoms with E-state index in [0.717, 1.165) is 53.1 Å². The first-order valence-corrected chi connectivity index (χ1v) is 14.4. The number of aromatic carboxylic acids is 1. The lowest BCUT2D eigenvalue weighted by Gasteiger charge is -2.31. The van der Waals surface area contributed by atoms with Crippen molar-refractivity contribution in [2.75, 3.05) is 18.1 Å². The fraction of sp³-hybridized carbons (Fsp3) is 0.324. The molecule has 0 radical (unpaired) electrons. The highest BCUT2D eigenvalue weighted by Gasteiger charge is 2.52. The van der Waals surface area contributed by atoms with Gasteiger partial charge in [-0.15, -0.1) is 0 Å². The third kappa shape index (κ3) is 4.79. The molecule has 7 rings (SSSR count). The summed E-state index contributed by atoms with van der Waals surface area (Å²) in [5.41, 5.74) is 7.96. The molecule has 0 bridgehead atoms. The maximum absolute atomic E-state index is 13.8. The number of carboxylic acids is 1. The average molecular weight is 548 g/mol. The number of aryl methyl sites for hydroxylation is 1. The molecule has 4 unspecified atom stereocenters. The average Bonchev–Trinajstić information content (AvgIpc) is 3.89. The third-order valence-electron chi connectivity index (χ3n) is 9.06. The molecule has 2 fully saturated rings. The molecular formula is C34H33N3O4. The number of fused-ring (bicyclic) bond motifs is 3. The molecule has 4 aromatic rings. The second kappa shape index (κ2) is 9.91. The predicted molar refractivity (Wildman–Crippen MR) is 156 cm³/mol. The van der Waals surface area contributed by atoms with Crippen molar-refractivity contribution in [1.29, 1.82) is 0 Å². The van der Waals surface area contributed by atoms with E-state index in [1.807, 2.05) is 46.2 Å². The SMILES string of the molecule is Cc1cccc(OCC2CC2C(=O)N2CC3CC3c3c(-c4cnn(Cc5cccc(C(=O)O)c5)c4)cccc32)c1C. The van der Waals surface area contributed by atoms with Crippen LogP contribution in [0.1, 0.15) is 51.4 Å². The second-order valence-corrected chi connectivity index (χ2v) is 11.8. The van der Waals surface area contributed by atoms with Gasteiger partial charge in [0.15, 0.2) is 0 Å². The van der Waals surface area contributed by atoms with Gasteiger partial charge in [-0.05, 0) is 90.6 Å². The van der Waals surface area contributed by atoms with Crippen molar-refractivity contribution in [3.8, 4) is 16.9 Å². The summed E-state index contributed by atoms with van der Waals surface area (Å²) in [6.45, 7) is 6.02. The summed E-state index contributed by atoms with van der Waals surface area (Å²) in [7, 11) is 0. The Kier molecular flexibility index (Phi) is 6.18. The number of hydrogen-bond donors (Lipinski definition) is 1. The smallest absolute Gasteiger partial charge is 0.335 e. The molecule has 1 aromatic heterocycles. The highest BCUT2D eigenvalue weighted by Crippen LogP contribution is 2.58. The Labute approximate surface area is 239 Å². The summed E-state index contributed by atoms with van der Waals surface area (Å²) in [6.07, 6.45) is 5.87. The summed E-state index contributed by atoms with van der Waals surface area (Å²) < 4.78 is 7.98. The molecule has 0 spiro atoms. The van der Waals surface area contributed by atoms with Crippen LogP contribution in [0.15, 0.2) is 73.1 Å². The molecule has 4 atom stereocenters. The van der Waals surface area contributed by atoms with Crippen molar-refractivity contribution >= 4 is 17.6 Å². The van der Waals surface area contributed by atoms with Crippen LogP contribution in [0.4, 0.5) is 5.69 Å². The van der Waals surface area contributed by atoms with Crippen LogP contribution in [-0.2, 0) is 11.3 Å². The molecule has 3 aromatic carbocycles. The summed E-state index contributed by atoms with van der Waals surface area (Å²) in [5, 5.41) is 13.9. The van der Waals surface area contributed by atoms with E-state index in [-0.39, 0.29) is 23.3 Å². The van der Waals surface area contributed by atoms with Crippen LogP contribution in [-0.4, -0.2) is 39.9 Å². The van der Waals surface area contributed by atoms with Crippen molar-refractivity contribution in [3.63, 3.8) is 0 Å². The van der Waals surface area contributed by atoms with Gasteiger partial charge in [-0.2, -0.15) is 5.10 Å². The Balaban J connectivity index is 1.08. The first-order valence-electron chi connectivity index (χ1n) is 14.4. The number of carboxylic acid groups (broad SMARTS) is 1. The van der Waals surface area contributed by atoms with Crippen LogP contribution < -0.4 is 9.64 Å². The number of hydrogen-bond acceptors (Lipinski definition) is 4. The Bertz CT molecular complexity index is 1670. The minimum atomic E-state index is -0.937. The molecule has 3 aliphatic rings. The largest absolute Gasteiger partial charge is 0.493 e. The van der Waals surface area contributed by atoms with Crippen molar-refractivity contribution in [2.45, 2.75) is 39.2 Å². The van der Waals surface area contributed by atoms with Gasteiger partial charge in [0.1, 0.15) is 5.75 Å². The van der Waals surface area contributed by atoms with Crippen molar-refractivity contribution in [1.82, 2.24) is 9.78 Å². The van der Waals surface area contributed by atoms with Crippen LogP contribution in [0.2, 0.25) is 0 Å². The van der Waals surface area contributed by atoms with Crippen LogP contribution in [0.25, 0.3) is 11.1 Å². The first-order chi connectivity index (χ1) is 19.9. The first kappa shape index (κ1) is 25.6. The number of rotatable bonds is 8. The Morgan fingerprint density at radius 2 is 1.88 bits per heavy atom. The number of carbonyl (C=O) groups excluding carboxylic acids is 1. The maximum atomic E-state index is 13.8. The molecule has 2 heterocycles. The summed E-state index contributed by atoms with van der Waals surface area (Å²) >= 11 is 0. The minimum Gasteiger partial charge on any atom is -0.493 e. The molecule has 7 heteroatoms. The zero-order chi connectivity index (χ0) is 28.2. The predicted octanol–water partition coefficient (Wildman–Crippen LogP) is 6.08. The van der Waals surface area contributed by atoms with E-state index < -0.39 is 5.97 Å². The van der Waals surface area contributed by atoms with Gasteiger partial charge < -0.3 is 14.7 Å². The Morgan fingerprint density at radius 3 is 2.73 bits per heavy atom. The van der Waals surface area contributed by atoms with E-state index in [9.17, 15) is 14.7 Å². The van der Waals surface area contributed by atoms with E-state index in [4.69, 9.17) is 4.74 Å². The number of carbonyl (C=O) groups is 2. The number of benzene rings is 3. The van der Waals surface area contributed by atoms with E-state index in [1.165, 1.54) is 11.1 Å². The molecule has 1 amide bonds. The van der Waals surface area contributed by atoms with Gasteiger partial charge in [-0.25, -0.2) is 4.79 Å². The number of anilines is 1. The number of nitrogens with zero attached hydrogens (tertiary/aromatic N) is 3. The van der Waals surface area contributed by atoms with Crippen molar-refractivity contribution in [2.24, 2.45) is 17.8 Å². The molecular weight excluding hydrogens is 514 g/mol. The molecule has 7 nitrogen and oxygen atoms in total. The van der Waals surface area contributed by atoms with E-state index in [1.54, 1.807) is 18.2 Å². The maximum Gasteiger partial charge on any atom is 0.335 e. The van der Waals surface area contributed by atoms with Crippen LogP contribution in [0, 0.1) is 31.6 Å². The highest BCUT2D eigenvalue weighted by molar-refractivity contribution is 5.99. The Hall–Kier alpha value is -4.39.